The lowest BCUT2D eigenvalue weighted by molar-refractivity contribution is -0.134. The standard InChI is InChI=1S/C15H30N2O/c1-11(15(2,3)4)17(5)14(18)10-12-7-6-8-13(16)9-12/h11-13H,6-10,16H2,1-5H3. The van der Waals surface area contributed by atoms with Gasteiger partial charge in [0.2, 0.25) is 5.91 Å². The zero-order valence-corrected chi connectivity index (χ0v) is 12.7. The molecule has 0 radical (unpaired) electrons. The molecule has 3 atom stereocenters. The van der Waals surface area contributed by atoms with E-state index in [9.17, 15) is 4.79 Å². The van der Waals surface area contributed by atoms with Crippen molar-refractivity contribution in [3.63, 3.8) is 0 Å². The normalized spacial score (nSPS) is 26.8. The Balaban J connectivity index is 2.49. The molecule has 1 saturated carbocycles. The van der Waals surface area contributed by atoms with E-state index in [-0.39, 0.29) is 17.4 Å². The van der Waals surface area contributed by atoms with Gasteiger partial charge in [-0.05, 0) is 37.5 Å². The molecule has 0 heterocycles. The lowest BCUT2D eigenvalue weighted by atomic mass is 9.83. The predicted octanol–water partition coefficient (Wildman–Crippen LogP) is 2.79. The summed E-state index contributed by atoms with van der Waals surface area (Å²) in [6.45, 7) is 8.67. The molecule has 1 aliphatic rings. The maximum Gasteiger partial charge on any atom is 0.222 e. The predicted molar refractivity (Wildman–Crippen MR) is 76.2 cm³/mol. The molecule has 1 aliphatic carbocycles. The highest BCUT2D eigenvalue weighted by Gasteiger charge is 2.29. The van der Waals surface area contributed by atoms with Crippen molar-refractivity contribution in [3.8, 4) is 0 Å². The first-order valence-electron chi connectivity index (χ1n) is 7.23. The van der Waals surface area contributed by atoms with Crippen LogP contribution in [-0.2, 0) is 4.79 Å². The number of nitrogens with two attached hydrogens (primary N) is 1. The fraction of sp³-hybridized carbons (Fsp3) is 0.933. The van der Waals surface area contributed by atoms with Gasteiger partial charge < -0.3 is 10.6 Å². The molecule has 0 aromatic heterocycles. The monoisotopic (exact) mass is 254 g/mol. The summed E-state index contributed by atoms with van der Waals surface area (Å²) < 4.78 is 0. The van der Waals surface area contributed by atoms with Gasteiger partial charge in [0.25, 0.3) is 0 Å². The Hall–Kier alpha value is -0.570. The second kappa shape index (κ2) is 6.05. The Kier molecular flexibility index (Phi) is 5.20. The molecule has 18 heavy (non-hydrogen) atoms. The third-order valence-corrected chi connectivity index (χ3v) is 4.51. The average Bonchev–Trinajstić information content (AvgIpc) is 2.25. The second-order valence-electron chi connectivity index (χ2n) is 7.04. The van der Waals surface area contributed by atoms with Gasteiger partial charge in [-0.3, -0.25) is 4.79 Å². The lowest BCUT2D eigenvalue weighted by Crippen LogP contribution is -2.44. The third-order valence-electron chi connectivity index (χ3n) is 4.51. The molecule has 0 spiro atoms. The van der Waals surface area contributed by atoms with Crippen LogP contribution in [0.15, 0.2) is 0 Å². The van der Waals surface area contributed by atoms with Crippen LogP contribution >= 0.6 is 0 Å². The lowest BCUT2D eigenvalue weighted by Gasteiger charge is -2.36. The van der Waals surface area contributed by atoms with Gasteiger partial charge in [-0.1, -0.05) is 27.2 Å². The van der Waals surface area contributed by atoms with Crippen LogP contribution in [0.25, 0.3) is 0 Å². The minimum absolute atomic E-state index is 0.132. The topological polar surface area (TPSA) is 46.3 Å². The minimum Gasteiger partial charge on any atom is -0.343 e. The summed E-state index contributed by atoms with van der Waals surface area (Å²) in [5, 5.41) is 0. The Morgan fingerprint density at radius 3 is 2.50 bits per heavy atom. The van der Waals surface area contributed by atoms with Crippen LogP contribution in [0, 0.1) is 11.3 Å². The van der Waals surface area contributed by atoms with E-state index in [4.69, 9.17) is 5.73 Å². The smallest absolute Gasteiger partial charge is 0.222 e. The number of hydrogen-bond acceptors (Lipinski definition) is 2. The molecule has 3 nitrogen and oxygen atoms in total. The summed E-state index contributed by atoms with van der Waals surface area (Å²) in [6.07, 6.45) is 5.15. The quantitative estimate of drug-likeness (QED) is 0.842. The molecule has 3 unspecified atom stereocenters. The summed E-state index contributed by atoms with van der Waals surface area (Å²) >= 11 is 0. The highest BCUT2D eigenvalue weighted by atomic mass is 16.2. The number of rotatable bonds is 3. The molecular weight excluding hydrogens is 224 g/mol. The van der Waals surface area contributed by atoms with Gasteiger partial charge in [0.05, 0.1) is 0 Å². The van der Waals surface area contributed by atoms with E-state index in [2.05, 4.69) is 27.7 Å². The highest BCUT2D eigenvalue weighted by Crippen LogP contribution is 2.28. The van der Waals surface area contributed by atoms with Gasteiger partial charge in [-0.2, -0.15) is 0 Å². The molecule has 1 amide bonds. The summed E-state index contributed by atoms with van der Waals surface area (Å²) in [5.41, 5.74) is 6.11. The van der Waals surface area contributed by atoms with Crippen LogP contribution in [0.2, 0.25) is 0 Å². The van der Waals surface area contributed by atoms with Crippen molar-refractivity contribution in [2.75, 3.05) is 7.05 Å². The van der Waals surface area contributed by atoms with Crippen molar-refractivity contribution in [1.82, 2.24) is 4.90 Å². The molecule has 0 aromatic rings. The van der Waals surface area contributed by atoms with E-state index >= 15 is 0 Å². The molecule has 0 aliphatic heterocycles. The minimum atomic E-state index is 0.132. The van der Waals surface area contributed by atoms with E-state index in [1.54, 1.807) is 0 Å². The molecule has 0 bridgehead atoms. The first-order chi connectivity index (χ1) is 8.21. The molecule has 1 fully saturated rings. The number of amides is 1. The number of carbonyl (C=O) groups is 1. The maximum atomic E-state index is 12.3. The molecule has 0 aromatic carbocycles. The number of carbonyl (C=O) groups excluding carboxylic acids is 1. The largest absolute Gasteiger partial charge is 0.343 e. The highest BCUT2D eigenvalue weighted by molar-refractivity contribution is 5.76. The van der Waals surface area contributed by atoms with E-state index < -0.39 is 0 Å². The van der Waals surface area contributed by atoms with Crippen LogP contribution in [0.5, 0.6) is 0 Å². The van der Waals surface area contributed by atoms with Crippen molar-refractivity contribution in [3.05, 3.63) is 0 Å². The van der Waals surface area contributed by atoms with Crippen LogP contribution in [0.4, 0.5) is 0 Å². The van der Waals surface area contributed by atoms with Gasteiger partial charge in [-0.15, -0.1) is 0 Å². The van der Waals surface area contributed by atoms with Crippen LogP contribution < -0.4 is 5.73 Å². The fourth-order valence-electron chi connectivity index (χ4n) is 2.71. The Morgan fingerprint density at radius 2 is 2.00 bits per heavy atom. The van der Waals surface area contributed by atoms with Gasteiger partial charge in [0.15, 0.2) is 0 Å². The summed E-state index contributed by atoms with van der Waals surface area (Å²) in [4.78, 5) is 14.2. The van der Waals surface area contributed by atoms with Gasteiger partial charge in [0.1, 0.15) is 0 Å². The first kappa shape index (κ1) is 15.5. The first-order valence-corrected chi connectivity index (χ1v) is 7.23. The maximum absolute atomic E-state index is 12.3. The molecule has 3 heteroatoms. The zero-order chi connectivity index (χ0) is 13.9. The zero-order valence-electron chi connectivity index (χ0n) is 12.7. The number of hydrogen-bond donors (Lipinski definition) is 1. The van der Waals surface area contributed by atoms with Gasteiger partial charge >= 0.3 is 0 Å². The van der Waals surface area contributed by atoms with Crippen molar-refractivity contribution < 1.29 is 4.79 Å². The van der Waals surface area contributed by atoms with Crippen molar-refractivity contribution in [2.45, 2.75) is 71.9 Å². The summed E-state index contributed by atoms with van der Waals surface area (Å²) in [5.74, 6) is 0.771. The van der Waals surface area contributed by atoms with Crippen LogP contribution in [0.1, 0.15) is 59.8 Å². The SMILES string of the molecule is CC(N(C)C(=O)CC1CCCC(N)C1)C(C)(C)C. The van der Waals surface area contributed by atoms with Crippen LogP contribution in [-0.4, -0.2) is 29.9 Å². The van der Waals surface area contributed by atoms with Gasteiger partial charge in [0, 0.05) is 25.6 Å². The Bertz CT molecular complexity index is 283. The molecular formula is C15H30N2O. The van der Waals surface area contributed by atoms with E-state index in [0.29, 0.717) is 18.4 Å². The Labute approximate surface area is 112 Å². The fourth-order valence-corrected chi connectivity index (χ4v) is 2.71. The average molecular weight is 254 g/mol. The van der Waals surface area contributed by atoms with Crippen molar-refractivity contribution >= 4 is 5.91 Å². The van der Waals surface area contributed by atoms with E-state index in [1.807, 2.05) is 11.9 Å². The van der Waals surface area contributed by atoms with Gasteiger partial charge in [-0.25, -0.2) is 0 Å². The number of nitrogens with zero attached hydrogens (tertiary/aromatic N) is 1. The molecule has 0 saturated heterocycles. The summed E-state index contributed by atoms with van der Waals surface area (Å²) in [7, 11) is 1.93. The molecule has 2 N–H and O–H groups in total. The molecule has 106 valence electrons. The van der Waals surface area contributed by atoms with E-state index in [1.165, 1.54) is 6.42 Å². The van der Waals surface area contributed by atoms with Crippen molar-refractivity contribution in [1.29, 1.82) is 0 Å². The third kappa shape index (κ3) is 4.27. The van der Waals surface area contributed by atoms with Crippen LogP contribution in [0.3, 0.4) is 0 Å². The second-order valence-corrected chi connectivity index (χ2v) is 7.04. The summed E-state index contributed by atoms with van der Waals surface area (Å²) in [6, 6.07) is 0.573. The van der Waals surface area contributed by atoms with Crippen molar-refractivity contribution in [2.24, 2.45) is 17.1 Å². The Morgan fingerprint density at radius 1 is 1.39 bits per heavy atom. The molecule has 1 rings (SSSR count). The van der Waals surface area contributed by atoms with E-state index in [0.717, 1.165) is 19.3 Å².